The topological polar surface area (TPSA) is 54.5 Å². The van der Waals surface area contributed by atoms with Gasteiger partial charge in [0.2, 0.25) is 0 Å². The molecule has 1 aromatic heterocycles. The van der Waals surface area contributed by atoms with Crippen molar-refractivity contribution < 1.29 is 9.53 Å². The minimum absolute atomic E-state index is 0.0396. The van der Waals surface area contributed by atoms with E-state index in [0.29, 0.717) is 6.61 Å². The molecule has 1 atom stereocenters. The predicted octanol–water partition coefficient (Wildman–Crippen LogP) is 5.35. The number of anilines is 1. The second kappa shape index (κ2) is 9.56. The van der Waals surface area contributed by atoms with Gasteiger partial charge < -0.3 is 15.0 Å². The molecular formula is C23H25N3O2S. The van der Waals surface area contributed by atoms with E-state index in [0.717, 1.165) is 42.9 Å². The third-order valence-corrected chi connectivity index (χ3v) is 5.79. The van der Waals surface area contributed by atoms with E-state index in [-0.39, 0.29) is 12.1 Å². The third kappa shape index (κ3) is 5.35. The number of urea groups is 1. The predicted molar refractivity (Wildman–Crippen MR) is 116 cm³/mol. The number of carbonyl (C=O) groups excluding carboxylic acids is 1. The first-order valence-electron chi connectivity index (χ1n) is 9.99. The molecule has 1 aliphatic heterocycles. The Kier molecular flexibility index (Phi) is 6.42. The summed E-state index contributed by atoms with van der Waals surface area (Å²) in [5.41, 5.74) is 4.71. The van der Waals surface area contributed by atoms with Crippen LogP contribution in [0.15, 0.2) is 65.5 Å². The number of ether oxygens (including phenoxy) is 1. The Morgan fingerprint density at radius 1 is 1.17 bits per heavy atom. The Morgan fingerprint density at radius 2 is 2.07 bits per heavy atom. The normalized spacial score (nSPS) is 16.4. The van der Waals surface area contributed by atoms with Gasteiger partial charge in [0.15, 0.2) is 0 Å². The van der Waals surface area contributed by atoms with Crippen molar-refractivity contribution in [1.82, 2.24) is 9.88 Å². The largest absolute Gasteiger partial charge is 0.487 e. The summed E-state index contributed by atoms with van der Waals surface area (Å²) in [5.74, 6) is 0.718. The minimum atomic E-state index is -0.0396. The number of aromatic nitrogens is 1. The molecule has 1 unspecified atom stereocenters. The maximum Gasteiger partial charge on any atom is 0.322 e. The standard InChI is InChI=1S/C23H25N3O2S/c27-23(26-12-5-4-10-21(26)13-18-7-2-1-3-8-18)25-19-9-6-11-22(14-19)28-15-20-16-29-17-24-20/h1-3,6-9,11,14,16-17,21H,4-5,10,12-13,15H2,(H,25,27). The summed E-state index contributed by atoms with van der Waals surface area (Å²) in [4.78, 5) is 19.2. The molecule has 3 aromatic rings. The van der Waals surface area contributed by atoms with Crippen LogP contribution in [0.25, 0.3) is 0 Å². The van der Waals surface area contributed by atoms with Crippen LogP contribution in [-0.4, -0.2) is 28.5 Å². The second-order valence-electron chi connectivity index (χ2n) is 7.26. The van der Waals surface area contributed by atoms with Gasteiger partial charge in [-0.15, -0.1) is 11.3 Å². The summed E-state index contributed by atoms with van der Waals surface area (Å²) in [7, 11) is 0. The monoisotopic (exact) mass is 407 g/mol. The van der Waals surface area contributed by atoms with Gasteiger partial charge >= 0.3 is 6.03 Å². The number of amides is 2. The smallest absolute Gasteiger partial charge is 0.322 e. The molecule has 150 valence electrons. The van der Waals surface area contributed by atoms with Crippen molar-refractivity contribution in [3.8, 4) is 5.75 Å². The van der Waals surface area contributed by atoms with Crippen LogP contribution in [0.4, 0.5) is 10.5 Å². The molecular weight excluding hydrogens is 382 g/mol. The fourth-order valence-corrected chi connectivity index (χ4v) is 4.23. The van der Waals surface area contributed by atoms with E-state index in [9.17, 15) is 4.79 Å². The van der Waals surface area contributed by atoms with Crippen molar-refractivity contribution in [3.63, 3.8) is 0 Å². The molecule has 6 heteroatoms. The van der Waals surface area contributed by atoms with Gasteiger partial charge in [-0.3, -0.25) is 0 Å². The van der Waals surface area contributed by atoms with Crippen molar-refractivity contribution in [2.24, 2.45) is 0 Å². The van der Waals surface area contributed by atoms with Gasteiger partial charge in [0.25, 0.3) is 0 Å². The van der Waals surface area contributed by atoms with Crippen molar-refractivity contribution >= 4 is 23.1 Å². The molecule has 0 aliphatic carbocycles. The van der Waals surface area contributed by atoms with Crippen molar-refractivity contribution in [2.45, 2.75) is 38.3 Å². The Hall–Kier alpha value is -2.86. The van der Waals surface area contributed by atoms with E-state index in [4.69, 9.17) is 4.74 Å². The summed E-state index contributed by atoms with van der Waals surface area (Å²) in [6.07, 6.45) is 4.15. The molecule has 0 bridgehead atoms. The SMILES string of the molecule is O=C(Nc1cccc(OCc2cscn2)c1)N1CCCCC1Cc1ccccc1. The zero-order valence-electron chi connectivity index (χ0n) is 16.3. The highest BCUT2D eigenvalue weighted by molar-refractivity contribution is 7.07. The Bertz CT molecular complexity index is 915. The number of rotatable bonds is 6. The zero-order chi connectivity index (χ0) is 19.9. The molecule has 0 saturated carbocycles. The van der Waals surface area contributed by atoms with E-state index in [1.807, 2.05) is 40.6 Å². The average Bonchev–Trinajstić information content (AvgIpc) is 3.27. The van der Waals surface area contributed by atoms with Gasteiger partial charge in [-0.25, -0.2) is 9.78 Å². The van der Waals surface area contributed by atoms with E-state index in [1.165, 1.54) is 12.0 Å². The zero-order valence-corrected chi connectivity index (χ0v) is 17.1. The van der Waals surface area contributed by atoms with Crippen LogP contribution in [0, 0.1) is 0 Å². The lowest BCUT2D eigenvalue weighted by Crippen LogP contribution is -2.46. The minimum Gasteiger partial charge on any atom is -0.487 e. The fraction of sp³-hybridized carbons (Fsp3) is 0.304. The summed E-state index contributed by atoms with van der Waals surface area (Å²) < 4.78 is 5.80. The van der Waals surface area contributed by atoms with Gasteiger partial charge in [0, 0.05) is 29.7 Å². The first-order valence-corrected chi connectivity index (χ1v) is 10.9. The third-order valence-electron chi connectivity index (χ3n) is 5.16. The maximum atomic E-state index is 13.0. The van der Waals surface area contributed by atoms with Crippen molar-refractivity contribution in [2.75, 3.05) is 11.9 Å². The lowest BCUT2D eigenvalue weighted by atomic mass is 9.96. The number of hydrogen-bond acceptors (Lipinski definition) is 4. The lowest BCUT2D eigenvalue weighted by Gasteiger charge is -2.36. The first-order chi connectivity index (χ1) is 14.3. The first kappa shape index (κ1) is 19.5. The molecule has 5 nitrogen and oxygen atoms in total. The number of hydrogen-bond donors (Lipinski definition) is 1. The van der Waals surface area contributed by atoms with Gasteiger partial charge in [-0.1, -0.05) is 36.4 Å². The molecule has 1 saturated heterocycles. The highest BCUT2D eigenvalue weighted by Gasteiger charge is 2.26. The Labute approximate surface area is 175 Å². The number of benzene rings is 2. The fourth-order valence-electron chi connectivity index (χ4n) is 3.69. The van der Waals surface area contributed by atoms with Crippen molar-refractivity contribution in [1.29, 1.82) is 0 Å². The van der Waals surface area contributed by atoms with Crippen LogP contribution in [0.5, 0.6) is 5.75 Å². The molecule has 2 heterocycles. The molecule has 29 heavy (non-hydrogen) atoms. The van der Waals surface area contributed by atoms with Crippen LogP contribution in [0.3, 0.4) is 0 Å². The quantitative estimate of drug-likeness (QED) is 0.599. The van der Waals surface area contributed by atoms with Crippen LogP contribution in [0.2, 0.25) is 0 Å². The van der Waals surface area contributed by atoms with E-state index in [1.54, 1.807) is 16.8 Å². The molecule has 0 radical (unpaired) electrons. The molecule has 0 spiro atoms. The number of nitrogens with zero attached hydrogens (tertiary/aromatic N) is 2. The number of thiazole rings is 1. The number of likely N-dealkylation sites (tertiary alicyclic amines) is 1. The van der Waals surface area contributed by atoms with Crippen LogP contribution in [0.1, 0.15) is 30.5 Å². The van der Waals surface area contributed by atoms with E-state index in [2.05, 4.69) is 34.6 Å². The Morgan fingerprint density at radius 3 is 2.90 bits per heavy atom. The molecule has 1 fully saturated rings. The number of piperidine rings is 1. The summed E-state index contributed by atoms with van der Waals surface area (Å²) >= 11 is 1.55. The Balaban J connectivity index is 1.38. The van der Waals surface area contributed by atoms with Crippen LogP contribution >= 0.6 is 11.3 Å². The van der Waals surface area contributed by atoms with E-state index < -0.39 is 0 Å². The van der Waals surface area contributed by atoms with Crippen LogP contribution < -0.4 is 10.1 Å². The molecule has 2 amide bonds. The number of carbonyl (C=O) groups is 1. The van der Waals surface area contributed by atoms with Gasteiger partial charge in [0.1, 0.15) is 12.4 Å². The number of nitrogens with one attached hydrogen (secondary N) is 1. The van der Waals surface area contributed by atoms with Gasteiger partial charge in [0.05, 0.1) is 11.2 Å². The highest BCUT2D eigenvalue weighted by atomic mass is 32.1. The lowest BCUT2D eigenvalue weighted by molar-refractivity contribution is 0.162. The summed E-state index contributed by atoms with van der Waals surface area (Å²) in [6.45, 7) is 1.22. The summed E-state index contributed by atoms with van der Waals surface area (Å²) in [6, 6.07) is 18.1. The van der Waals surface area contributed by atoms with Crippen LogP contribution in [-0.2, 0) is 13.0 Å². The van der Waals surface area contributed by atoms with Gasteiger partial charge in [-0.05, 0) is 43.4 Å². The van der Waals surface area contributed by atoms with Crippen molar-refractivity contribution in [3.05, 3.63) is 76.7 Å². The molecule has 2 aromatic carbocycles. The van der Waals surface area contributed by atoms with Gasteiger partial charge in [-0.2, -0.15) is 0 Å². The molecule has 4 rings (SSSR count). The maximum absolute atomic E-state index is 13.0. The molecule has 1 aliphatic rings. The second-order valence-corrected chi connectivity index (χ2v) is 7.98. The van der Waals surface area contributed by atoms with E-state index >= 15 is 0 Å². The summed E-state index contributed by atoms with van der Waals surface area (Å²) in [5, 5.41) is 5.02. The highest BCUT2D eigenvalue weighted by Crippen LogP contribution is 2.23. The average molecular weight is 408 g/mol. The molecule has 1 N–H and O–H groups in total.